The first-order valence-corrected chi connectivity index (χ1v) is 5.54. The van der Waals surface area contributed by atoms with Crippen LogP contribution in [-0.4, -0.2) is 27.3 Å². The molecule has 0 atom stereocenters. The highest BCUT2D eigenvalue weighted by Gasteiger charge is 1.96. The minimum absolute atomic E-state index is 0.206. The summed E-state index contributed by atoms with van der Waals surface area (Å²) in [5.74, 6) is -2.22. The molecule has 96 valence electrons. The Morgan fingerprint density at radius 3 is 2.18 bits per heavy atom. The van der Waals surface area contributed by atoms with Gasteiger partial charge in [0.15, 0.2) is 0 Å². The summed E-state index contributed by atoms with van der Waals surface area (Å²) in [6.07, 6.45) is 8.11. The third-order valence-electron chi connectivity index (χ3n) is 2.07. The van der Waals surface area contributed by atoms with Gasteiger partial charge in [0.05, 0.1) is 6.08 Å². The smallest absolute Gasteiger partial charge is 0.332 e. The van der Waals surface area contributed by atoms with E-state index in [4.69, 9.17) is 15.3 Å². The van der Waals surface area contributed by atoms with E-state index in [1.807, 2.05) is 0 Å². The summed E-state index contributed by atoms with van der Waals surface area (Å²) in [4.78, 5) is 20.4. The molecule has 0 spiro atoms. The maximum Gasteiger partial charge on any atom is 0.332 e. The number of carboxylic acid groups (broad SMARTS) is 2. The molecule has 0 aliphatic carbocycles. The van der Waals surface area contributed by atoms with Crippen molar-refractivity contribution in [3.05, 3.63) is 24.0 Å². The fourth-order valence-electron chi connectivity index (χ4n) is 1.27. The van der Waals surface area contributed by atoms with Gasteiger partial charge in [0.1, 0.15) is 5.76 Å². The zero-order chi connectivity index (χ0) is 13.1. The Balaban J connectivity index is 3.48. The number of rotatable bonds is 9. The van der Waals surface area contributed by atoms with Gasteiger partial charge in [0, 0.05) is 6.42 Å². The average molecular weight is 242 g/mol. The maximum atomic E-state index is 10.2. The molecule has 3 N–H and O–H groups in total. The van der Waals surface area contributed by atoms with Gasteiger partial charge in [0.25, 0.3) is 0 Å². The fraction of sp³-hybridized carbons (Fsp3) is 0.500. The van der Waals surface area contributed by atoms with Crippen molar-refractivity contribution in [2.45, 2.75) is 38.5 Å². The Morgan fingerprint density at radius 2 is 1.59 bits per heavy atom. The number of unbranched alkanes of at least 4 members (excludes halogenated alkanes) is 4. The number of allylic oxidation sites excluding steroid dienone is 2. The van der Waals surface area contributed by atoms with Crippen molar-refractivity contribution in [2.75, 3.05) is 0 Å². The highest BCUT2D eigenvalue weighted by molar-refractivity contribution is 5.80. The van der Waals surface area contributed by atoms with Crippen molar-refractivity contribution in [3.63, 3.8) is 0 Å². The van der Waals surface area contributed by atoms with E-state index in [0.717, 1.165) is 31.8 Å². The number of carbonyl (C=O) groups is 2. The molecule has 0 aromatic carbocycles. The highest BCUT2D eigenvalue weighted by atomic mass is 16.4. The van der Waals surface area contributed by atoms with Crippen molar-refractivity contribution in [1.82, 2.24) is 0 Å². The van der Waals surface area contributed by atoms with E-state index in [0.29, 0.717) is 6.42 Å². The van der Waals surface area contributed by atoms with Crippen LogP contribution < -0.4 is 0 Å². The molecule has 0 fully saturated rings. The Hall–Kier alpha value is -1.78. The molecular weight excluding hydrogens is 224 g/mol. The summed E-state index contributed by atoms with van der Waals surface area (Å²) in [7, 11) is 0. The lowest BCUT2D eigenvalue weighted by Crippen LogP contribution is -1.93. The van der Waals surface area contributed by atoms with E-state index in [1.54, 1.807) is 6.08 Å². The van der Waals surface area contributed by atoms with Crippen molar-refractivity contribution in [1.29, 1.82) is 0 Å². The number of hydrogen-bond donors (Lipinski definition) is 3. The molecule has 0 aromatic rings. The van der Waals surface area contributed by atoms with Crippen LogP contribution in [0, 0.1) is 0 Å². The summed E-state index contributed by atoms with van der Waals surface area (Å²) >= 11 is 0. The zero-order valence-electron chi connectivity index (χ0n) is 9.63. The number of hydrogen-bond acceptors (Lipinski definition) is 3. The van der Waals surface area contributed by atoms with Crippen LogP contribution in [-0.2, 0) is 9.59 Å². The average Bonchev–Trinajstić information content (AvgIpc) is 2.20. The van der Waals surface area contributed by atoms with Gasteiger partial charge in [-0.05, 0) is 25.3 Å². The largest absolute Gasteiger partial charge is 0.508 e. The fourth-order valence-corrected chi connectivity index (χ4v) is 1.27. The molecular formula is C12H18O5. The first-order chi connectivity index (χ1) is 8.02. The number of aliphatic carboxylic acids is 2. The topological polar surface area (TPSA) is 94.8 Å². The Bertz CT molecular complexity index is 304. The normalized spacial score (nSPS) is 11.9. The van der Waals surface area contributed by atoms with Crippen LogP contribution in [0.3, 0.4) is 0 Å². The van der Waals surface area contributed by atoms with Crippen LogP contribution in [0.15, 0.2) is 24.0 Å². The third kappa shape index (κ3) is 12.2. The van der Waals surface area contributed by atoms with Crippen molar-refractivity contribution < 1.29 is 24.9 Å². The third-order valence-corrected chi connectivity index (χ3v) is 2.07. The van der Waals surface area contributed by atoms with Gasteiger partial charge >= 0.3 is 11.9 Å². The van der Waals surface area contributed by atoms with Gasteiger partial charge in [-0.1, -0.05) is 18.9 Å². The Morgan fingerprint density at radius 1 is 0.941 bits per heavy atom. The first-order valence-electron chi connectivity index (χ1n) is 5.54. The van der Waals surface area contributed by atoms with Gasteiger partial charge in [-0.25, -0.2) is 4.79 Å². The standard InChI is InChI=1S/C12H18O5/c13-10(9-12(16)17)7-5-3-1-2-4-6-8-11(14)15/h5,7,9,13H,1-4,6,8H2,(H,14,15)(H,16,17). The quantitative estimate of drug-likeness (QED) is 0.250. The molecule has 0 aliphatic rings. The van der Waals surface area contributed by atoms with Crippen LogP contribution in [0.1, 0.15) is 38.5 Å². The molecule has 0 bridgehead atoms. The molecule has 0 saturated carbocycles. The maximum absolute atomic E-state index is 10.2. The second kappa shape index (κ2) is 9.45. The lowest BCUT2D eigenvalue weighted by atomic mass is 10.1. The molecule has 5 nitrogen and oxygen atoms in total. The minimum Gasteiger partial charge on any atom is -0.508 e. The predicted molar refractivity (Wildman–Crippen MR) is 62.8 cm³/mol. The predicted octanol–water partition coefficient (Wildman–Crippen LogP) is 2.49. The van der Waals surface area contributed by atoms with Gasteiger partial charge in [-0.15, -0.1) is 0 Å². The molecule has 0 amide bonds. The first kappa shape index (κ1) is 15.2. The van der Waals surface area contributed by atoms with Crippen LogP contribution in [0.4, 0.5) is 0 Å². The number of aliphatic hydroxyl groups excluding tert-OH is 1. The SMILES string of the molecule is O=C(O)C=C(O)C=CCCCCCCC(=O)O. The van der Waals surface area contributed by atoms with E-state index >= 15 is 0 Å². The van der Waals surface area contributed by atoms with E-state index in [9.17, 15) is 9.59 Å². The molecule has 17 heavy (non-hydrogen) atoms. The molecule has 0 saturated heterocycles. The number of aliphatic hydroxyl groups is 1. The number of carboxylic acids is 2. The Labute approximate surface area is 100 Å². The summed E-state index contributed by atoms with van der Waals surface area (Å²) in [5.41, 5.74) is 0. The lowest BCUT2D eigenvalue weighted by Gasteiger charge is -1.96. The van der Waals surface area contributed by atoms with Gasteiger partial charge < -0.3 is 15.3 Å². The van der Waals surface area contributed by atoms with E-state index in [1.165, 1.54) is 6.08 Å². The summed E-state index contributed by atoms with van der Waals surface area (Å²) in [6, 6.07) is 0. The molecule has 0 aliphatic heterocycles. The van der Waals surface area contributed by atoms with E-state index < -0.39 is 11.9 Å². The molecule has 0 heterocycles. The highest BCUT2D eigenvalue weighted by Crippen LogP contribution is 2.06. The zero-order valence-corrected chi connectivity index (χ0v) is 9.63. The minimum atomic E-state index is -1.18. The van der Waals surface area contributed by atoms with E-state index in [2.05, 4.69) is 0 Å². The summed E-state index contributed by atoms with van der Waals surface area (Å²) < 4.78 is 0. The molecule has 0 aromatic heterocycles. The van der Waals surface area contributed by atoms with Crippen LogP contribution in [0.25, 0.3) is 0 Å². The molecule has 0 rings (SSSR count). The lowest BCUT2D eigenvalue weighted by molar-refractivity contribution is -0.137. The van der Waals surface area contributed by atoms with Crippen molar-refractivity contribution in [3.8, 4) is 0 Å². The van der Waals surface area contributed by atoms with Crippen molar-refractivity contribution >= 4 is 11.9 Å². The molecule has 5 heteroatoms. The van der Waals surface area contributed by atoms with Gasteiger partial charge in [-0.3, -0.25) is 4.79 Å². The second-order valence-corrected chi connectivity index (χ2v) is 3.66. The Kier molecular flexibility index (Phi) is 8.46. The monoisotopic (exact) mass is 242 g/mol. The second-order valence-electron chi connectivity index (χ2n) is 3.66. The molecule has 0 unspecified atom stereocenters. The van der Waals surface area contributed by atoms with Crippen LogP contribution >= 0.6 is 0 Å². The summed E-state index contributed by atoms with van der Waals surface area (Å²) in [6.45, 7) is 0. The van der Waals surface area contributed by atoms with Gasteiger partial charge in [0.2, 0.25) is 0 Å². The van der Waals surface area contributed by atoms with Crippen molar-refractivity contribution in [2.24, 2.45) is 0 Å². The van der Waals surface area contributed by atoms with Gasteiger partial charge in [-0.2, -0.15) is 0 Å². The summed E-state index contributed by atoms with van der Waals surface area (Å²) in [5, 5.41) is 25.8. The van der Waals surface area contributed by atoms with Crippen LogP contribution in [0.5, 0.6) is 0 Å². The van der Waals surface area contributed by atoms with E-state index in [-0.39, 0.29) is 12.2 Å². The molecule has 0 radical (unpaired) electrons. The van der Waals surface area contributed by atoms with Crippen LogP contribution in [0.2, 0.25) is 0 Å².